The van der Waals surface area contributed by atoms with E-state index in [4.69, 9.17) is 0 Å². The molecule has 2 fully saturated rings. The van der Waals surface area contributed by atoms with E-state index < -0.39 is 0 Å². The van der Waals surface area contributed by atoms with Crippen molar-refractivity contribution in [3.05, 3.63) is 0 Å². The van der Waals surface area contributed by atoms with Crippen LogP contribution in [0.25, 0.3) is 0 Å². The van der Waals surface area contributed by atoms with Crippen LogP contribution in [-0.4, -0.2) is 24.5 Å². The third kappa shape index (κ3) is 3.50. The van der Waals surface area contributed by atoms with Gasteiger partial charge in [-0.05, 0) is 44.1 Å². The number of carbonyl (C=O) groups excluding carboxylic acids is 1. The Bertz CT molecular complexity index is 297. The molecular weight excluding hydrogens is 236 g/mol. The second-order valence-corrected chi connectivity index (χ2v) is 6.59. The average molecular weight is 266 g/mol. The topological polar surface area (TPSA) is 41.1 Å². The fourth-order valence-electron chi connectivity index (χ4n) is 3.84. The predicted octanol–water partition coefficient (Wildman–Crippen LogP) is 2.85. The van der Waals surface area contributed by atoms with Crippen LogP contribution < -0.4 is 10.6 Å². The van der Waals surface area contributed by atoms with Gasteiger partial charge >= 0.3 is 0 Å². The maximum atomic E-state index is 12.5. The van der Waals surface area contributed by atoms with Crippen molar-refractivity contribution in [2.75, 3.05) is 13.1 Å². The molecular formula is C16H30N2O. The molecule has 3 nitrogen and oxygen atoms in total. The molecule has 2 N–H and O–H groups in total. The molecule has 1 heterocycles. The summed E-state index contributed by atoms with van der Waals surface area (Å²) in [5, 5.41) is 6.71. The van der Waals surface area contributed by atoms with Gasteiger partial charge in [0.1, 0.15) is 0 Å². The van der Waals surface area contributed by atoms with Crippen molar-refractivity contribution in [1.29, 1.82) is 0 Å². The quantitative estimate of drug-likeness (QED) is 0.803. The molecule has 0 spiro atoms. The summed E-state index contributed by atoms with van der Waals surface area (Å²) in [5.74, 6) is 1.72. The maximum Gasteiger partial charge on any atom is 0.240 e. The lowest BCUT2D eigenvalue weighted by atomic mass is 9.80. The number of amides is 1. The van der Waals surface area contributed by atoms with Crippen molar-refractivity contribution >= 4 is 5.91 Å². The highest BCUT2D eigenvalue weighted by Crippen LogP contribution is 2.30. The van der Waals surface area contributed by atoms with Crippen LogP contribution in [0, 0.1) is 11.8 Å². The van der Waals surface area contributed by atoms with E-state index in [9.17, 15) is 4.79 Å². The van der Waals surface area contributed by atoms with Crippen LogP contribution in [0.2, 0.25) is 0 Å². The van der Waals surface area contributed by atoms with Gasteiger partial charge in [-0.15, -0.1) is 0 Å². The minimum Gasteiger partial charge on any atom is -0.354 e. The highest BCUT2D eigenvalue weighted by Gasteiger charge is 2.40. The van der Waals surface area contributed by atoms with Gasteiger partial charge in [0.25, 0.3) is 0 Å². The maximum absolute atomic E-state index is 12.5. The summed E-state index contributed by atoms with van der Waals surface area (Å²) in [6, 6.07) is 0. The zero-order valence-electron chi connectivity index (χ0n) is 12.6. The molecule has 0 aromatic carbocycles. The Hall–Kier alpha value is -0.570. The van der Waals surface area contributed by atoms with Gasteiger partial charge in [-0.25, -0.2) is 0 Å². The van der Waals surface area contributed by atoms with E-state index >= 15 is 0 Å². The Labute approximate surface area is 117 Å². The second-order valence-electron chi connectivity index (χ2n) is 6.59. The van der Waals surface area contributed by atoms with Crippen molar-refractivity contribution in [1.82, 2.24) is 10.6 Å². The van der Waals surface area contributed by atoms with Gasteiger partial charge in [-0.1, -0.05) is 39.5 Å². The number of nitrogens with one attached hydrogen (secondary N) is 2. The van der Waals surface area contributed by atoms with Gasteiger partial charge in [0.05, 0.1) is 5.54 Å². The molecule has 0 bridgehead atoms. The van der Waals surface area contributed by atoms with Crippen molar-refractivity contribution in [3.63, 3.8) is 0 Å². The first kappa shape index (κ1) is 14.8. The van der Waals surface area contributed by atoms with E-state index in [1.807, 2.05) is 0 Å². The second kappa shape index (κ2) is 6.74. The summed E-state index contributed by atoms with van der Waals surface area (Å²) in [7, 11) is 0. The molecule has 0 aromatic heterocycles. The number of carbonyl (C=O) groups is 1. The van der Waals surface area contributed by atoms with Gasteiger partial charge < -0.3 is 10.6 Å². The number of hydrogen-bond acceptors (Lipinski definition) is 2. The van der Waals surface area contributed by atoms with Crippen molar-refractivity contribution in [3.8, 4) is 0 Å². The Morgan fingerprint density at radius 3 is 2.74 bits per heavy atom. The van der Waals surface area contributed by atoms with Gasteiger partial charge in [0.15, 0.2) is 0 Å². The Morgan fingerprint density at radius 2 is 2.11 bits per heavy atom. The molecule has 110 valence electrons. The molecule has 0 aromatic rings. The van der Waals surface area contributed by atoms with Gasteiger partial charge in [0, 0.05) is 6.54 Å². The Kier molecular flexibility index (Phi) is 5.26. The van der Waals surface area contributed by atoms with E-state index in [0.29, 0.717) is 5.92 Å². The zero-order chi connectivity index (χ0) is 13.7. The van der Waals surface area contributed by atoms with Crippen LogP contribution in [0.4, 0.5) is 0 Å². The summed E-state index contributed by atoms with van der Waals surface area (Å²) in [6.07, 6.45) is 9.50. The molecule has 3 heteroatoms. The zero-order valence-corrected chi connectivity index (χ0v) is 12.6. The largest absolute Gasteiger partial charge is 0.354 e. The van der Waals surface area contributed by atoms with Crippen molar-refractivity contribution < 1.29 is 4.79 Å². The molecule has 1 saturated carbocycles. The molecule has 1 aliphatic heterocycles. The molecule has 1 saturated heterocycles. The summed E-state index contributed by atoms with van der Waals surface area (Å²) in [6.45, 7) is 6.38. The van der Waals surface area contributed by atoms with Crippen LogP contribution in [0.15, 0.2) is 0 Å². The minimum absolute atomic E-state index is 0.254. The summed E-state index contributed by atoms with van der Waals surface area (Å²) >= 11 is 0. The summed E-state index contributed by atoms with van der Waals surface area (Å²) in [5.41, 5.74) is -0.257. The molecule has 1 aliphatic carbocycles. The lowest BCUT2D eigenvalue weighted by Gasteiger charge is -2.32. The predicted molar refractivity (Wildman–Crippen MR) is 79.0 cm³/mol. The van der Waals surface area contributed by atoms with Crippen LogP contribution in [0.3, 0.4) is 0 Å². The van der Waals surface area contributed by atoms with Gasteiger partial charge in [-0.3, -0.25) is 4.79 Å². The SMILES string of the molecule is CCCC1(C(=O)NCC2CCCCC2C)CCCN1. The minimum atomic E-state index is -0.257. The van der Waals surface area contributed by atoms with Gasteiger partial charge in [-0.2, -0.15) is 0 Å². The molecule has 3 atom stereocenters. The van der Waals surface area contributed by atoms with Crippen LogP contribution >= 0.6 is 0 Å². The molecule has 3 unspecified atom stereocenters. The van der Waals surface area contributed by atoms with E-state index in [-0.39, 0.29) is 11.4 Å². The molecule has 1 amide bonds. The first-order valence-electron chi connectivity index (χ1n) is 8.21. The van der Waals surface area contributed by atoms with E-state index in [1.54, 1.807) is 0 Å². The monoisotopic (exact) mass is 266 g/mol. The van der Waals surface area contributed by atoms with E-state index in [1.165, 1.54) is 25.7 Å². The van der Waals surface area contributed by atoms with Crippen LogP contribution in [0.1, 0.15) is 65.2 Å². The standard InChI is InChI=1S/C16H30N2O/c1-3-9-16(10-6-11-18-16)15(19)17-12-14-8-5-4-7-13(14)2/h13-14,18H,3-12H2,1-2H3,(H,17,19). The first-order chi connectivity index (χ1) is 9.18. The van der Waals surface area contributed by atoms with Crippen LogP contribution in [-0.2, 0) is 4.79 Å². The lowest BCUT2D eigenvalue weighted by molar-refractivity contribution is -0.127. The summed E-state index contributed by atoms with van der Waals surface area (Å²) in [4.78, 5) is 12.5. The third-order valence-electron chi connectivity index (χ3n) is 5.17. The highest BCUT2D eigenvalue weighted by molar-refractivity contribution is 5.86. The van der Waals surface area contributed by atoms with E-state index in [2.05, 4.69) is 24.5 Å². The van der Waals surface area contributed by atoms with Gasteiger partial charge in [0.2, 0.25) is 5.91 Å². The molecule has 2 aliphatic rings. The Balaban J connectivity index is 1.85. The first-order valence-corrected chi connectivity index (χ1v) is 8.21. The summed E-state index contributed by atoms with van der Waals surface area (Å²) < 4.78 is 0. The fourth-order valence-corrected chi connectivity index (χ4v) is 3.84. The number of rotatable bonds is 5. The van der Waals surface area contributed by atoms with Crippen molar-refractivity contribution in [2.24, 2.45) is 11.8 Å². The molecule has 0 radical (unpaired) electrons. The van der Waals surface area contributed by atoms with Crippen LogP contribution in [0.5, 0.6) is 0 Å². The molecule has 19 heavy (non-hydrogen) atoms. The highest BCUT2D eigenvalue weighted by atomic mass is 16.2. The number of hydrogen-bond donors (Lipinski definition) is 2. The lowest BCUT2D eigenvalue weighted by Crippen LogP contribution is -2.54. The fraction of sp³-hybridized carbons (Fsp3) is 0.938. The van der Waals surface area contributed by atoms with Crippen molar-refractivity contribution in [2.45, 2.75) is 70.8 Å². The molecule has 2 rings (SSSR count). The van der Waals surface area contributed by atoms with E-state index in [0.717, 1.165) is 44.7 Å². The Morgan fingerprint density at radius 1 is 1.32 bits per heavy atom. The normalized spacial score (nSPS) is 35.3. The smallest absolute Gasteiger partial charge is 0.240 e. The average Bonchev–Trinajstić information content (AvgIpc) is 2.88. The third-order valence-corrected chi connectivity index (χ3v) is 5.17.